The van der Waals surface area contributed by atoms with E-state index in [1.807, 2.05) is 54.6 Å². The van der Waals surface area contributed by atoms with Crippen LogP contribution in [0.15, 0.2) is 116 Å². The Morgan fingerprint density at radius 1 is 0.611 bits per heavy atom. The van der Waals surface area contributed by atoms with Crippen LogP contribution in [0.1, 0.15) is 0 Å². The maximum Gasteiger partial charge on any atom is 2.00 e. The van der Waals surface area contributed by atoms with Crippen molar-refractivity contribution in [1.82, 2.24) is 24.9 Å². The molecule has 0 saturated carbocycles. The summed E-state index contributed by atoms with van der Waals surface area (Å²) in [6.45, 7) is 0. The molecule has 3 heterocycles. The van der Waals surface area contributed by atoms with Crippen LogP contribution in [-0.4, -0.2) is 19.9 Å². The summed E-state index contributed by atoms with van der Waals surface area (Å²) in [7, 11) is 0. The SMILES string of the molecule is [Pt+2].[c-]1ccccc1-c1ccccn1.c1ccc2c(c1)c1ccccc1c1[n-]c(-c3cnccn3)nc21. The van der Waals surface area contributed by atoms with Crippen LogP contribution in [0, 0.1) is 6.07 Å². The van der Waals surface area contributed by atoms with Gasteiger partial charge in [-0.2, -0.15) is 0 Å². The molecule has 0 fully saturated rings. The first-order chi connectivity index (χ1) is 17.4. The van der Waals surface area contributed by atoms with Gasteiger partial charge in [-0.3, -0.25) is 9.97 Å². The molecule has 36 heavy (non-hydrogen) atoms. The summed E-state index contributed by atoms with van der Waals surface area (Å²) >= 11 is 0. The summed E-state index contributed by atoms with van der Waals surface area (Å²) in [6, 6.07) is 33.5. The summed E-state index contributed by atoms with van der Waals surface area (Å²) in [5.41, 5.74) is 4.54. The molecule has 0 aliphatic rings. The Morgan fingerprint density at radius 2 is 1.31 bits per heavy atom. The first-order valence-corrected chi connectivity index (χ1v) is 11.3. The maximum absolute atomic E-state index is 4.75. The number of rotatable bonds is 2. The Kier molecular flexibility index (Phi) is 6.92. The van der Waals surface area contributed by atoms with Gasteiger partial charge in [-0.1, -0.05) is 60.7 Å². The van der Waals surface area contributed by atoms with E-state index in [1.165, 1.54) is 10.8 Å². The van der Waals surface area contributed by atoms with Crippen LogP contribution >= 0.6 is 0 Å². The number of imidazole rings is 1. The average Bonchev–Trinajstić information content (AvgIpc) is 3.41. The Morgan fingerprint density at radius 3 is 2.00 bits per heavy atom. The van der Waals surface area contributed by atoms with Crippen LogP contribution in [0.25, 0.3) is 55.4 Å². The van der Waals surface area contributed by atoms with Crippen molar-refractivity contribution in [1.29, 1.82) is 0 Å². The van der Waals surface area contributed by atoms with Crippen LogP contribution in [0.5, 0.6) is 0 Å². The van der Waals surface area contributed by atoms with E-state index in [0.717, 1.165) is 33.1 Å². The number of nitrogens with zero attached hydrogens (tertiary/aromatic N) is 5. The minimum absolute atomic E-state index is 0. The average molecular weight is 645 g/mol. The van der Waals surface area contributed by atoms with Gasteiger partial charge in [-0.25, -0.2) is 0 Å². The monoisotopic (exact) mass is 644 g/mol. The molecule has 0 N–H and O–H groups in total. The minimum atomic E-state index is 0. The third kappa shape index (κ3) is 4.53. The molecule has 0 unspecified atom stereocenters. The molecule has 7 aromatic rings. The largest absolute Gasteiger partial charge is 2.00 e. The van der Waals surface area contributed by atoms with Crippen molar-refractivity contribution in [3.8, 4) is 22.8 Å². The van der Waals surface area contributed by atoms with Gasteiger partial charge < -0.3 is 15.0 Å². The standard InChI is InChI=1S/C19H11N4.C11H8N.Pt/c1-3-7-14-12(5-1)13-6-2-4-8-15(13)18-17(14)22-19(23-18)16-11-20-9-10-21-16;1-2-6-10(7-3-1)11-8-4-5-9-12-11;/h1-11H;1-6,8-9H;/q2*-1;+2. The van der Waals surface area contributed by atoms with E-state index in [4.69, 9.17) is 9.97 Å². The van der Waals surface area contributed by atoms with Crippen LogP contribution in [-0.2, 0) is 21.1 Å². The van der Waals surface area contributed by atoms with Crippen LogP contribution in [0.3, 0.4) is 0 Å². The minimum Gasteiger partial charge on any atom is -0.434 e. The summed E-state index contributed by atoms with van der Waals surface area (Å²) in [4.78, 5) is 22.1. The van der Waals surface area contributed by atoms with Crippen molar-refractivity contribution in [2.24, 2.45) is 0 Å². The Balaban J connectivity index is 0.000000175. The van der Waals surface area contributed by atoms with Gasteiger partial charge in [0, 0.05) is 18.6 Å². The first kappa shape index (κ1) is 23.5. The molecular weight excluding hydrogens is 625 g/mol. The van der Waals surface area contributed by atoms with Crippen molar-refractivity contribution in [3.05, 3.63) is 122 Å². The zero-order chi connectivity index (χ0) is 23.5. The van der Waals surface area contributed by atoms with Crippen molar-refractivity contribution in [2.45, 2.75) is 0 Å². The second-order valence-electron chi connectivity index (χ2n) is 7.92. The molecular formula is C30H19N5Pt. The molecule has 0 saturated heterocycles. The van der Waals surface area contributed by atoms with Crippen molar-refractivity contribution >= 4 is 32.6 Å². The van der Waals surface area contributed by atoms with E-state index in [9.17, 15) is 0 Å². The predicted octanol–water partition coefficient (Wildman–Crippen LogP) is 6.50. The van der Waals surface area contributed by atoms with Crippen LogP contribution in [0.4, 0.5) is 0 Å². The number of benzene rings is 4. The summed E-state index contributed by atoms with van der Waals surface area (Å²) in [5, 5.41) is 4.62. The van der Waals surface area contributed by atoms with Gasteiger partial charge in [0.2, 0.25) is 0 Å². The zero-order valence-corrected chi connectivity index (χ0v) is 21.3. The first-order valence-electron chi connectivity index (χ1n) is 11.3. The number of hydrogen-bond donors (Lipinski definition) is 0. The summed E-state index contributed by atoms with van der Waals surface area (Å²) < 4.78 is 0. The normalized spacial score (nSPS) is 10.6. The number of hydrogen-bond acceptors (Lipinski definition) is 4. The fraction of sp³-hybridized carbons (Fsp3) is 0. The topological polar surface area (TPSA) is 65.7 Å². The molecule has 0 radical (unpaired) electrons. The zero-order valence-electron chi connectivity index (χ0n) is 19.0. The molecule has 0 atom stereocenters. The summed E-state index contributed by atoms with van der Waals surface area (Å²) in [6.07, 6.45) is 6.79. The quantitative estimate of drug-likeness (QED) is 0.159. The summed E-state index contributed by atoms with van der Waals surface area (Å²) in [5.74, 6) is 0.620. The molecule has 3 aromatic heterocycles. The smallest absolute Gasteiger partial charge is 0.434 e. The van der Waals surface area contributed by atoms with Gasteiger partial charge in [0.1, 0.15) is 0 Å². The van der Waals surface area contributed by atoms with Gasteiger partial charge in [0.15, 0.2) is 0 Å². The molecule has 0 bridgehead atoms. The van der Waals surface area contributed by atoms with Crippen LogP contribution in [0.2, 0.25) is 0 Å². The van der Waals surface area contributed by atoms with E-state index in [-0.39, 0.29) is 21.1 Å². The third-order valence-electron chi connectivity index (χ3n) is 5.76. The molecule has 0 amide bonds. The van der Waals surface area contributed by atoms with E-state index in [1.54, 1.807) is 24.8 Å². The Hall–Kier alpha value is -4.21. The Labute approximate surface area is 222 Å². The van der Waals surface area contributed by atoms with Gasteiger partial charge >= 0.3 is 21.1 Å². The molecule has 6 heteroatoms. The second-order valence-corrected chi connectivity index (χ2v) is 7.92. The van der Waals surface area contributed by atoms with Crippen molar-refractivity contribution in [3.63, 3.8) is 0 Å². The molecule has 7 rings (SSSR count). The van der Waals surface area contributed by atoms with E-state index in [2.05, 4.69) is 57.4 Å². The fourth-order valence-electron chi connectivity index (χ4n) is 4.17. The van der Waals surface area contributed by atoms with Crippen LogP contribution < -0.4 is 4.98 Å². The van der Waals surface area contributed by atoms with Gasteiger partial charge in [-0.15, -0.1) is 35.9 Å². The number of fused-ring (bicyclic) bond motifs is 6. The predicted molar refractivity (Wildman–Crippen MR) is 140 cm³/mol. The molecule has 0 spiro atoms. The maximum atomic E-state index is 4.75. The van der Waals surface area contributed by atoms with E-state index < -0.39 is 0 Å². The molecule has 0 aliphatic heterocycles. The number of pyridine rings is 1. The van der Waals surface area contributed by atoms with Crippen molar-refractivity contribution in [2.75, 3.05) is 0 Å². The molecule has 0 aliphatic carbocycles. The van der Waals surface area contributed by atoms with E-state index >= 15 is 0 Å². The van der Waals surface area contributed by atoms with Gasteiger partial charge in [-0.05, 0) is 50.2 Å². The third-order valence-corrected chi connectivity index (χ3v) is 5.76. The fourth-order valence-corrected chi connectivity index (χ4v) is 4.17. The van der Waals surface area contributed by atoms with Gasteiger partial charge in [0.25, 0.3) is 0 Å². The molecule has 4 aromatic carbocycles. The van der Waals surface area contributed by atoms with Crippen molar-refractivity contribution < 1.29 is 21.1 Å². The second kappa shape index (κ2) is 10.6. The molecule has 174 valence electrons. The number of aromatic nitrogens is 5. The van der Waals surface area contributed by atoms with E-state index in [0.29, 0.717) is 11.5 Å². The Bertz CT molecular complexity index is 1620. The van der Waals surface area contributed by atoms with Gasteiger partial charge in [0.05, 0.1) is 11.9 Å². The molecule has 5 nitrogen and oxygen atoms in total.